The van der Waals surface area contributed by atoms with Gasteiger partial charge in [-0.05, 0) is 36.1 Å². The quantitative estimate of drug-likeness (QED) is 0.724. The van der Waals surface area contributed by atoms with Crippen molar-refractivity contribution in [2.24, 2.45) is 0 Å². The van der Waals surface area contributed by atoms with Crippen LogP contribution in [0.2, 0.25) is 10.0 Å². The lowest BCUT2D eigenvalue weighted by molar-refractivity contribution is -0.119. The number of ether oxygens (including phenoxy) is 1. The van der Waals surface area contributed by atoms with Gasteiger partial charge in [0.25, 0.3) is 5.91 Å². The summed E-state index contributed by atoms with van der Waals surface area (Å²) in [5.41, 5.74) is 2.76. The first-order valence-electron chi connectivity index (χ1n) is 7.81. The molecule has 0 aliphatic carbocycles. The molecule has 0 fully saturated rings. The summed E-state index contributed by atoms with van der Waals surface area (Å²) in [5, 5.41) is 3.17. The number of halogens is 2. The number of benzene rings is 2. The standard InChI is InChI=1S/C19H19Cl2NO3/c1-11(2)13-7-4-6-12(3)18(13)22-16(23)10-25-19(24)17-14(20)8-5-9-15(17)21/h4-9,11H,10H2,1-3H3,(H,22,23). The Morgan fingerprint density at radius 1 is 1.08 bits per heavy atom. The van der Waals surface area contributed by atoms with Gasteiger partial charge in [-0.3, -0.25) is 4.79 Å². The molecule has 25 heavy (non-hydrogen) atoms. The molecule has 0 spiro atoms. The van der Waals surface area contributed by atoms with E-state index in [9.17, 15) is 9.59 Å². The predicted octanol–water partition coefficient (Wildman–Crippen LogP) is 5.22. The number of carbonyl (C=O) groups excluding carboxylic acids is 2. The Kier molecular flexibility index (Phi) is 6.45. The Morgan fingerprint density at radius 2 is 1.68 bits per heavy atom. The molecule has 2 rings (SSSR count). The van der Waals surface area contributed by atoms with E-state index in [2.05, 4.69) is 5.32 Å². The van der Waals surface area contributed by atoms with E-state index in [1.54, 1.807) is 6.07 Å². The smallest absolute Gasteiger partial charge is 0.341 e. The lowest BCUT2D eigenvalue weighted by Crippen LogP contribution is -2.22. The third-order valence-corrected chi connectivity index (χ3v) is 4.32. The lowest BCUT2D eigenvalue weighted by Gasteiger charge is -2.16. The van der Waals surface area contributed by atoms with Crippen LogP contribution in [-0.2, 0) is 9.53 Å². The van der Waals surface area contributed by atoms with Crippen LogP contribution in [-0.4, -0.2) is 18.5 Å². The van der Waals surface area contributed by atoms with Crippen molar-refractivity contribution in [3.05, 3.63) is 63.1 Å². The number of esters is 1. The van der Waals surface area contributed by atoms with Crippen LogP contribution in [0.5, 0.6) is 0 Å². The minimum absolute atomic E-state index is 0.0531. The third kappa shape index (κ3) is 4.74. The number of amides is 1. The van der Waals surface area contributed by atoms with Crippen molar-refractivity contribution in [3.63, 3.8) is 0 Å². The molecule has 0 atom stereocenters. The molecular weight excluding hydrogens is 361 g/mol. The second kappa shape index (κ2) is 8.37. The summed E-state index contributed by atoms with van der Waals surface area (Å²) in [6.07, 6.45) is 0. The van der Waals surface area contributed by atoms with Crippen LogP contribution in [0, 0.1) is 6.92 Å². The van der Waals surface area contributed by atoms with Crippen LogP contribution < -0.4 is 5.32 Å². The zero-order valence-corrected chi connectivity index (χ0v) is 15.7. The molecule has 6 heteroatoms. The largest absolute Gasteiger partial charge is 0.452 e. The van der Waals surface area contributed by atoms with E-state index in [1.807, 2.05) is 39.0 Å². The van der Waals surface area contributed by atoms with Gasteiger partial charge >= 0.3 is 5.97 Å². The molecule has 2 aromatic carbocycles. The Hall–Kier alpha value is -2.04. The van der Waals surface area contributed by atoms with Gasteiger partial charge in [-0.25, -0.2) is 4.79 Å². The van der Waals surface area contributed by atoms with Gasteiger partial charge in [-0.2, -0.15) is 0 Å². The summed E-state index contributed by atoms with van der Waals surface area (Å²) in [6.45, 7) is 5.58. The van der Waals surface area contributed by atoms with Gasteiger partial charge in [0.15, 0.2) is 6.61 Å². The average molecular weight is 380 g/mol. The summed E-state index contributed by atoms with van der Waals surface area (Å²) in [5.74, 6) is -0.910. The van der Waals surface area contributed by atoms with Crippen LogP contribution in [0.15, 0.2) is 36.4 Å². The van der Waals surface area contributed by atoms with E-state index in [0.29, 0.717) is 0 Å². The number of nitrogens with one attached hydrogen (secondary N) is 1. The van der Waals surface area contributed by atoms with Gasteiger partial charge in [0, 0.05) is 5.69 Å². The zero-order chi connectivity index (χ0) is 18.6. The van der Waals surface area contributed by atoms with Gasteiger partial charge in [-0.15, -0.1) is 0 Å². The maximum absolute atomic E-state index is 12.2. The normalized spacial score (nSPS) is 10.6. The van der Waals surface area contributed by atoms with Crippen molar-refractivity contribution in [3.8, 4) is 0 Å². The summed E-state index contributed by atoms with van der Waals surface area (Å²) >= 11 is 11.9. The molecular formula is C19H19Cl2NO3. The summed E-state index contributed by atoms with van der Waals surface area (Å²) in [6, 6.07) is 10.5. The predicted molar refractivity (Wildman–Crippen MR) is 101 cm³/mol. The Bertz CT molecular complexity index is 783. The van der Waals surface area contributed by atoms with Crippen molar-refractivity contribution >= 4 is 40.8 Å². The van der Waals surface area contributed by atoms with Gasteiger partial charge in [-0.1, -0.05) is 61.3 Å². The second-order valence-electron chi connectivity index (χ2n) is 5.91. The molecule has 4 nitrogen and oxygen atoms in total. The number of carbonyl (C=O) groups is 2. The third-order valence-electron chi connectivity index (χ3n) is 3.69. The van der Waals surface area contributed by atoms with Crippen LogP contribution in [0.25, 0.3) is 0 Å². The average Bonchev–Trinajstić information content (AvgIpc) is 2.54. The first kappa shape index (κ1) is 19.3. The fourth-order valence-corrected chi connectivity index (χ4v) is 2.97. The van der Waals surface area contributed by atoms with Crippen molar-refractivity contribution in [2.75, 3.05) is 11.9 Å². The molecule has 0 aromatic heterocycles. The fourth-order valence-electron chi connectivity index (χ4n) is 2.41. The van der Waals surface area contributed by atoms with Crippen LogP contribution in [0.4, 0.5) is 5.69 Å². The van der Waals surface area contributed by atoms with Gasteiger partial charge in [0.2, 0.25) is 0 Å². The topological polar surface area (TPSA) is 55.4 Å². The molecule has 0 saturated carbocycles. The van der Waals surface area contributed by atoms with Crippen LogP contribution >= 0.6 is 23.2 Å². The van der Waals surface area contributed by atoms with Gasteiger partial charge in [0.1, 0.15) is 0 Å². The molecule has 0 unspecified atom stereocenters. The number of rotatable bonds is 5. The molecule has 0 aliphatic heterocycles. The van der Waals surface area contributed by atoms with E-state index >= 15 is 0 Å². The van der Waals surface area contributed by atoms with Crippen LogP contribution in [0.3, 0.4) is 0 Å². The Balaban J connectivity index is 2.06. The lowest BCUT2D eigenvalue weighted by atomic mass is 9.98. The maximum atomic E-state index is 12.2. The molecule has 0 aliphatic rings. The molecule has 1 amide bonds. The first-order valence-corrected chi connectivity index (χ1v) is 8.57. The summed E-state index contributed by atoms with van der Waals surface area (Å²) in [4.78, 5) is 24.3. The van der Waals surface area contributed by atoms with Crippen molar-refractivity contribution in [2.45, 2.75) is 26.7 Å². The molecule has 1 N–H and O–H groups in total. The molecule has 132 valence electrons. The highest BCUT2D eigenvalue weighted by molar-refractivity contribution is 6.39. The number of anilines is 1. The number of hydrogen-bond acceptors (Lipinski definition) is 3. The molecule has 2 aromatic rings. The van der Waals surface area contributed by atoms with Gasteiger partial charge < -0.3 is 10.1 Å². The molecule has 0 heterocycles. The monoisotopic (exact) mass is 379 g/mol. The minimum atomic E-state index is -0.736. The molecule has 0 saturated heterocycles. The highest BCUT2D eigenvalue weighted by Crippen LogP contribution is 2.28. The SMILES string of the molecule is Cc1cccc(C(C)C)c1NC(=O)COC(=O)c1c(Cl)cccc1Cl. The summed E-state index contributed by atoms with van der Waals surface area (Å²) in [7, 11) is 0. The van der Waals surface area contributed by atoms with Crippen molar-refractivity contribution in [1.82, 2.24) is 0 Å². The van der Waals surface area contributed by atoms with E-state index < -0.39 is 18.5 Å². The minimum Gasteiger partial charge on any atom is -0.452 e. The number of hydrogen-bond donors (Lipinski definition) is 1. The maximum Gasteiger partial charge on any atom is 0.341 e. The fraction of sp³-hybridized carbons (Fsp3) is 0.263. The number of para-hydroxylation sites is 1. The van der Waals surface area contributed by atoms with Gasteiger partial charge in [0.05, 0.1) is 15.6 Å². The number of aryl methyl sites for hydroxylation is 1. The highest BCUT2D eigenvalue weighted by Gasteiger charge is 2.18. The van der Waals surface area contributed by atoms with Crippen LogP contribution in [0.1, 0.15) is 41.3 Å². The second-order valence-corrected chi connectivity index (χ2v) is 6.73. The van der Waals surface area contributed by atoms with Crippen molar-refractivity contribution < 1.29 is 14.3 Å². The zero-order valence-electron chi connectivity index (χ0n) is 14.2. The summed E-state index contributed by atoms with van der Waals surface area (Å²) < 4.78 is 5.04. The molecule has 0 bridgehead atoms. The Labute approximate surface area is 157 Å². The highest BCUT2D eigenvalue weighted by atomic mass is 35.5. The Morgan fingerprint density at radius 3 is 2.28 bits per heavy atom. The van der Waals surface area contributed by atoms with E-state index in [-0.39, 0.29) is 21.5 Å². The van der Waals surface area contributed by atoms with E-state index in [0.717, 1.165) is 16.8 Å². The molecule has 0 radical (unpaired) electrons. The van der Waals surface area contributed by atoms with E-state index in [4.69, 9.17) is 27.9 Å². The van der Waals surface area contributed by atoms with Crippen molar-refractivity contribution in [1.29, 1.82) is 0 Å². The first-order chi connectivity index (χ1) is 11.8. The van der Waals surface area contributed by atoms with E-state index in [1.165, 1.54) is 12.1 Å².